The molecule has 1 aromatic carbocycles. The van der Waals surface area contributed by atoms with Gasteiger partial charge >= 0.3 is 6.18 Å². The number of hydrogen-bond donors (Lipinski definition) is 0. The molecule has 0 radical (unpaired) electrons. The number of piperazine rings is 1. The van der Waals surface area contributed by atoms with E-state index in [4.69, 9.17) is 0 Å². The van der Waals surface area contributed by atoms with Gasteiger partial charge < -0.3 is 4.90 Å². The maximum absolute atomic E-state index is 13.4. The lowest BCUT2D eigenvalue weighted by molar-refractivity contribution is -0.137. The van der Waals surface area contributed by atoms with Gasteiger partial charge in [-0.15, -0.1) is 0 Å². The maximum Gasteiger partial charge on any atom is 0.416 e. The lowest BCUT2D eigenvalue weighted by Gasteiger charge is -2.36. The zero-order valence-electron chi connectivity index (χ0n) is 11.4. The molecule has 1 fully saturated rings. The Morgan fingerprint density at radius 3 is 2.25 bits per heavy atom. The van der Waals surface area contributed by atoms with E-state index in [9.17, 15) is 17.6 Å². The molecule has 1 aromatic rings. The quantitative estimate of drug-likeness (QED) is 0.787. The number of alkyl halides is 3. The van der Waals surface area contributed by atoms with E-state index in [2.05, 4.69) is 11.8 Å². The zero-order chi connectivity index (χ0) is 14.8. The van der Waals surface area contributed by atoms with Crippen molar-refractivity contribution in [1.82, 2.24) is 4.90 Å². The molecule has 0 atom stereocenters. The highest BCUT2D eigenvalue weighted by atomic mass is 19.4. The molecule has 1 heterocycles. The van der Waals surface area contributed by atoms with Gasteiger partial charge in [0.1, 0.15) is 5.82 Å². The molecule has 1 saturated heterocycles. The minimum absolute atomic E-state index is 0.313. The molecule has 0 saturated carbocycles. The maximum atomic E-state index is 13.4. The average Bonchev–Trinajstić information content (AvgIpc) is 2.38. The van der Waals surface area contributed by atoms with Crippen LogP contribution in [0.3, 0.4) is 0 Å². The summed E-state index contributed by atoms with van der Waals surface area (Å²) in [7, 11) is 0. The molecule has 6 heteroatoms. The predicted octanol–water partition coefficient (Wildman–Crippen LogP) is 3.38. The Labute approximate surface area is 116 Å². The van der Waals surface area contributed by atoms with Crippen LogP contribution in [-0.2, 0) is 6.18 Å². The second-order valence-electron chi connectivity index (χ2n) is 5.02. The molecule has 0 aromatic heterocycles. The van der Waals surface area contributed by atoms with Crippen molar-refractivity contribution in [2.75, 3.05) is 37.6 Å². The van der Waals surface area contributed by atoms with Crippen molar-refractivity contribution in [1.29, 1.82) is 0 Å². The third-order valence-electron chi connectivity index (χ3n) is 3.49. The highest BCUT2D eigenvalue weighted by Gasteiger charge is 2.32. The Bertz CT molecular complexity index is 451. The van der Waals surface area contributed by atoms with E-state index < -0.39 is 17.6 Å². The molecule has 20 heavy (non-hydrogen) atoms. The number of halogens is 4. The molecule has 112 valence electrons. The summed E-state index contributed by atoms with van der Waals surface area (Å²) in [6.07, 6.45) is -3.46. The molecule has 1 aliphatic rings. The topological polar surface area (TPSA) is 6.48 Å². The first kappa shape index (κ1) is 15.1. The van der Waals surface area contributed by atoms with Crippen LogP contribution in [0.5, 0.6) is 0 Å². The highest BCUT2D eigenvalue weighted by Crippen LogP contribution is 2.32. The Balaban J connectivity index is 2.12. The second-order valence-corrected chi connectivity index (χ2v) is 5.02. The summed E-state index contributed by atoms with van der Waals surface area (Å²) in [5.74, 6) is -0.842. The van der Waals surface area contributed by atoms with E-state index in [0.29, 0.717) is 24.8 Å². The van der Waals surface area contributed by atoms with Gasteiger partial charge in [-0.2, -0.15) is 13.2 Å². The largest absolute Gasteiger partial charge is 0.416 e. The van der Waals surface area contributed by atoms with Crippen LogP contribution in [0.25, 0.3) is 0 Å². The SMILES string of the molecule is CCCN1CCN(c2cc(F)cc(C(F)(F)F)c2)CC1. The summed E-state index contributed by atoms with van der Waals surface area (Å²) in [5.41, 5.74) is -0.614. The lowest BCUT2D eigenvalue weighted by atomic mass is 10.1. The molecular formula is C14H18F4N2. The first-order valence-electron chi connectivity index (χ1n) is 6.75. The fourth-order valence-corrected chi connectivity index (χ4v) is 2.47. The third-order valence-corrected chi connectivity index (χ3v) is 3.49. The zero-order valence-corrected chi connectivity index (χ0v) is 11.4. The fourth-order valence-electron chi connectivity index (χ4n) is 2.47. The summed E-state index contributed by atoms with van der Waals surface area (Å²) < 4.78 is 51.4. The molecule has 0 bridgehead atoms. The van der Waals surface area contributed by atoms with Gasteiger partial charge in [0.05, 0.1) is 5.56 Å². The van der Waals surface area contributed by atoms with Crippen LogP contribution in [0.2, 0.25) is 0 Å². The van der Waals surface area contributed by atoms with Crippen LogP contribution < -0.4 is 4.90 Å². The van der Waals surface area contributed by atoms with Crippen LogP contribution in [0.1, 0.15) is 18.9 Å². The molecule has 0 unspecified atom stereocenters. The van der Waals surface area contributed by atoms with E-state index in [1.165, 1.54) is 6.07 Å². The average molecular weight is 290 g/mol. The predicted molar refractivity (Wildman–Crippen MR) is 70.3 cm³/mol. The highest BCUT2D eigenvalue weighted by molar-refractivity contribution is 5.50. The molecule has 1 aliphatic heterocycles. The Kier molecular flexibility index (Phi) is 4.52. The fraction of sp³-hybridized carbons (Fsp3) is 0.571. The first-order chi connectivity index (χ1) is 9.40. The van der Waals surface area contributed by atoms with Gasteiger partial charge in [-0.25, -0.2) is 4.39 Å². The van der Waals surface area contributed by atoms with Crippen LogP contribution >= 0.6 is 0 Å². The minimum Gasteiger partial charge on any atom is -0.369 e. The Morgan fingerprint density at radius 2 is 1.70 bits per heavy atom. The molecule has 0 amide bonds. The number of anilines is 1. The van der Waals surface area contributed by atoms with Gasteiger partial charge in [0.2, 0.25) is 0 Å². The monoisotopic (exact) mass is 290 g/mol. The van der Waals surface area contributed by atoms with Crippen molar-refractivity contribution in [2.45, 2.75) is 19.5 Å². The number of hydrogen-bond acceptors (Lipinski definition) is 2. The van der Waals surface area contributed by atoms with E-state index in [1.807, 2.05) is 4.90 Å². The molecule has 0 N–H and O–H groups in total. The van der Waals surface area contributed by atoms with Crippen molar-refractivity contribution in [2.24, 2.45) is 0 Å². The van der Waals surface area contributed by atoms with Crippen LogP contribution in [0.15, 0.2) is 18.2 Å². The number of rotatable bonds is 3. The van der Waals surface area contributed by atoms with Gasteiger partial charge in [0, 0.05) is 31.9 Å². The first-order valence-corrected chi connectivity index (χ1v) is 6.75. The third kappa shape index (κ3) is 3.62. The minimum atomic E-state index is -4.51. The standard InChI is InChI=1S/C14H18F4N2/c1-2-3-19-4-6-20(7-5-19)13-9-11(14(16,17)18)8-12(15)10-13/h8-10H,2-7H2,1H3. The summed E-state index contributed by atoms with van der Waals surface area (Å²) in [6, 6.07) is 2.74. The number of nitrogens with zero attached hydrogens (tertiary/aromatic N) is 2. The van der Waals surface area contributed by atoms with E-state index in [1.54, 1.807) is 0 Å². The van der Waals surface area contributed by atoms with Crippen molar-refractivity contribution in [3.8, 4) is 0 Å². The van der Waals surface area contributed by atoms with Gasteiger partial charge in [0.15, 0.2) is 0 Å². The normalized spacial score (nSPS) is 17.6. The van der Waals surface area contributed by atoms with Gasteiger partial charge in [-0.1, -0.05) is 6.92 Å². The molecule has 0 spiro atoms. The summed E-state index contributed by atoms with van der Waals surface area (Å²) in [6.45, 7) is 5.93. The van der Waals surface area contributed by atoms with Crippen molar-refractivity contribution in [3.05, 3.63) is 29.6 Å². The number of benzene rings is 1. The van der Waals surface area contributed by atoms with Crippen molar-refractivity contribution in [3.63, 3.8) is 0 Å². The lowest BCUT2D eigenvalue weighted by Crippen LogP contribution is -2.46. The molecular weight excluding hydrogens is 272 g/mol. The van der Waals surface area contributed by atoms with Crippen LogP contribution in [0.4, 0.5) is 23.2 Å². The molecule has 2 nitrogen and oxygen atoms in total. The van der Waals surface area contributed by atoms with Crippen LogP contribution in [-0.4, -0.2) is 37.6 Å². The van der Waals surface area contributed by atoms with Crippen molar-refractivity contribution >= 4 is 5.69 Å². The van der Waals surface area contributed by atoms with Gasteiger partial charge in [-0.3, -0.25) is 4.90 Å². The van der Waals surface area contributed by atoms with Gasteiger partial charge in [-0.05, 0) is 31.2 Å². The second kappa shape index (κ2) is 5.99. The van der Waals surface area contributed by atoms with Crippen molar-refractivity contribution < 1.29 is 17.6 Å². The van der Waals surface area contributed by atoms with E-state index >= 15 is 0 Å². The van der Waals surface area contributed by atoms with Crippen LogP contribution in [0, 0.1) is 5.82 Å². The van der Waals surface area contributed by atoms with Gasteiger partial charge in [0.25, 0.3) is 0 Å². The Hall–Kier alpha value is -1.30. The summed E-state index contributed by atoms with van der Waals surface area (Å²) in [5, 5.41) is 0. The van der Waals surface area contributed by atoms with E-state index in [0.717, 1.165) is 32.1 Å². The molecule has 0 aliphatic carbocycles. The smallest absolute Gasteiger partial charge is 0.369 e. The summed E-state index contributed by atoms with van der Waals surface area (Å²) >= 11 is 0. The molecule has 2 rings (SSSR count). The van der Waals surface area contributed by atoms with E-state index in [-0.39, 0.29) is 0 Å². The Morgan fingerprint density at radius 1 is 1.05 bits per heavy atom. The summed E-state index contributed by atoms with van der Waals surface area (Å²) in [4.78, 5) is 4.07.